The van der Waals surface area contributed by atoms with Crippen molar-refractivity contribution < 1.29 is 9.47 Å². The molecule has 2 rings (SSSR count). The van der Waals surface area contributed by atoms with E-state index in [0.29, 0.717) is 13.2 Å². The molecule has 0 atom stereocenters. The van der Waals surface area contributed by atoms with Crippen molar-refractivity contribution in [2.75, 3.05) is 47.1 Å². The highest BCUT2D eigenvalue weighted by atomic mass is 16.5. The molecule has 1 aromatic carbocycles. The van der Waals surface area contributed by atoms with E-state index in [1.165, 1.54) is 31.2 Å². The van der Waals surface area contributed by atoms with Crippen molar-refractivity contribution in [3.63, 3.8) is 0 Å². The Labute approximate surface area is 158 Å². The first-order chi connectivity index (χ1) is 12.8. The van der Waals surface area contributed by atoms with Crippen LogP contribution in [0.2, 0.25) is 0 Å². The van der Waals surface area contributed by atoms with E-state index in [9.17, 15) is 0 Å². The van der Waals surface area contributed by atoms with Crippen LogP contribution in [0, 0.1) is 5.92 Å². The van der Waals surface area contributed by atoms with Crippen LogP contribution < -0.4 is 10.6 Å². The zero-order valence-electron chi connectivity index (χ0n) is 16.4. The number of rotatable bonds is 10. The molecule has 0 radical (unpaired) electrons. The van der Waals surface area contributed by atoms with Gasteiger partial charge in [-0.2, -0.15) is 0 Å². The average molecular weight is 362 g/mol. The van der Waals surface area contributed by atoms with E-state index < -0.39 is 0 Å². The highest BCUT2D eigenvalue weighted by molar-refractivity contribution is 5.79. The van der Waals surface area contributed by atoms with E-state index in [4.69, 9.17) is 9.47 Å². The van der Waals surface area contributed by atoms with Crippen LogP contribution in [-0.4, -0.2) is 53.0 Å². The highest BCUT2D eigenvalue weighted by Gasteiger charge is 2.22. The number of benzene rings is 1. The molecule has 0 unspecified atom stereocenters. The summed E-state index contributed by atoms with van der Waals surface area (Å²) in [4.78, 5) is 4.32. The first kappa shape index (κ1) is 20.7. The molecule has 0 amide bonds. The van der Waals surface area contributed by atoms with Crippen molar-refractivity contribution in [1.29, 1.82) is 0 Å². The van der Waals surface area contributed by atoms with Crippen LogP contribution >= 0.6 is 0 Å². The lowest BCUT2D eigenvalue weighted by atomic mass is 9.79. The number of nitrogens with zero attached hydrogens (tertiary/aromatic N) is 1. The zero-order valence-corrected chi connectivity index (χ0v) is 16.4. The summed E-state index contributed by atoms with van der Waals surface area (Å²) in [6, 6.07) is 11.0. The van der Waals surface area contributed by atoms with E-state index in [0.717, 1.165) is 43.9 Å². The molecule has 2 N–H and O–H groups in total. The van der Waals surface area contributed by atoms with Crippen LogP contribution in [0.4, 0.5) is 0 Å². The smallest absolute Gasteiger partial charge is 0.190 e. The molecule has 5 heteroatoms. The Morgan fingerprint density at radius 3 is 2.50 bits per heavy atom. The summed E-state index contributed by atoms with van der Waals surface area (Å²) < 4.78 is 10.4. The molecule has 1 aromatic rings. The lowest BCUT2D eigenvalue weighted by Crippen LogP contribution is -2.40. The van der Waals surface area contributed by atoms with Gasteiger partial charge in [0.05, 0.1) is 13.2 Å². The molecule has 1 fully saturated rings. The Morgan fingerprint density at radius 1 is 1.04 bits per heavy atom. The third-order valence-electron chi connectivity index (χ3n) is 5.09. The molecular weight excluding hydrogens is 326 g/mol. The Morgan fingerprint density at radius 2 is 1.81 bits per heavy atom. The van der Waals surface area contributed by atoms with E-state index in [1.807, 2.05) is 7.05 Å². The number of methoxy groups -OCH3 is 1. The summed E-state index contributed by atoms with van der Waals surface area (Å²) in [5.74, 6) is 2.38. The highest BCUT2D eigenvalue weighted by Crippen LogP contribution is 2.35. The SMILES string of the molecule is CN=C(NCCCOCCOC)NCC1CCC(c2ccccc2)CC1. The number of ether oxygens (including phenoxy) is 2. The predicted octanol–water partition coefficient (Wildman–Crippen LogP) is 3.18. The minimum atomic E-state index is 0.656. The van der Waals surface area contributed by atoms with Gasteiger partial charge in [0.25, 0.3) is 0 Å². The summed E-state index contributed by atoms with van der Waals surface area (Å²) in [6.45, 7) is 3.94. The minimum Gasteiger partial charge on any atom is -0.382 e. The van der Waals surface area contributed by atoms with Gasteiger partial charge in [-0.15, -0.1) is 0 Å². The van der Waals surface area contributed by atoms with Gasteiger partial charge in [-0.25, -0.2) is 0 Å². The van der Waals surface area contributed by atoms with Gasteiger partial charge >= 0.3 is 0 Å². The van der Waals surface area contributed by atoms with Gasteiger partial charge in [0.1, 0.15) is 0 Å². The van der Waals surface area contributed by atoms with Gasteiger partial charge < -0.3 is 20.1 Å². The molecular formula is C21H35N3O2. The first-order valence-electron chi connectivity index (χ1n) is 9.89. The maximum atomic E-state index is 5.47. The third kappa shape index (κ3) is 7.75. The van der Waals surface area contributed by atoms with Gasteiger partial charge in [-0.3, -0.25) is 4.99 Å². The first-order valence-corrected chi connectivity index (χ1v) is 9.89. The fraction of sp³-hybridized carbons (Fsp3) is 0.667. The maximum Gasteiger partial charge on any atom is 0.190 e. The minimum absolute atomic E-state index is 0.656. The van der Waals surface area contributed by atoms with Crippen molar-refractivity contribution in [1.82, 2.24) is 10.6 Å². The summed E-state index contributed by atoms with van der Waals surface area (Å²) >= 11 is 0. The van der Waals surface area contributed by atoms with Crippen LogP contribution in [0.3, 0.4) is 0 Å². The largest absolute Gasteiger partial charge is 0.382 e. The molecule has 146 valence electrons. The van der Waals surface area contributed by atoms with E-state index in [-0.39, 0.29) is 0 Å². The van der Waals surface area contributed by atoms with Gasteiger partial charge in [-0.05, 0) is 49.5 Å². The standard InChI is InChI=1S/C21H35N3O2/c1-22-21(23-13-6-14-26-16-15-25-2)24-17-18-9-11-20(12-10-18)19-7-4-3-5-8-19/h3-5,7-8,18,20H,6,9-17H2,1-2H3,(H2,22,23,24). The van der Waals surface area contributed by atoms with Gasteiger partial charge in [0, 0.05) is 33.9 Å². The van der Waals surface area contributed by atoms with Crippen molar-refractivity contribution in [3.8, 4) is 0 Å². The topological polar surface area (TPSA) is 54.9 Å². The average Bonchev–Trinajstić information content (AvgIpc) is 2.70. The molecule has 0 heterocycles. The van der Waals surface area contributed by atoms with Gasteiger partial charge in [-0.1, -0.05) is 30.3 Å². The fourth-order valence-corrected chi connectivity index (χ4v) is 3.51. The maximum absolute atomic E-state index is 5.47. The second kappa shape index (κ2) is 12.7. The van der Waals surface area contributed by atoms with E-state index in [1.54, 1.807) is 7.11 Å². The molecule has 0 spiro atoms. The fourth-order valence-electron chi connectivity index (χ4n) is 3.51. The van der Waals surface area contributed by atoms with Crippen molar-refractivity contribution >= 4 is 5.96 Å². The van der Waals surface area contributed by atoms with Crippen LogP contribution in [0.5, 0.6) is 0 Å². The second-order valence-electron chi connectivity index (χ2n) is 6.97. The molecule has 1 saturated carbocycles. The summed E-state index contributed by atoms with van der Waals surface area (Å²) in [7, 11) is 3.52. The molecule has 0 bridgehead atoms. The van der Waals surface area contributed by atoms with Crippen LogP contribution in [0.15, 0.2) is 35.3 Å². The Hall–Kier alpha value is -1.59. The number of guanidine groups is 1. The molecule has 0 aromatic heterocycles. The Bertz CT molecular complexity index is 499. The Kier molecular flexibility index (Phi) is 10.1. The monoisotopic (exact) mass is 361 g/mol. The summed E-state index contributed by atoms with van der Waals surface area (Å²) in [5, 5.41) is 6.85. The van der Waals surface area contributed by atoms with Crippen molar-refractivity contribution in [2.24, 2.45) is 10.9 Å². The number of hydrogen-bond acceptors (Lipinski definition) is 3. The van der Waals surface area contributed by atoms with Crippen molar-refractivity contribution in [3.05, 3.63) is 35.9 Å². The second-order valence-corrected chi connectivity index (χ2v) is 6.97. The molecule has 1 aliphatic carbocycles. The number of hydrogen-bond donors (Lipinski definition) is 2. The summed E-state index contributed by atoms with van der Waals surface area (Å²) in [5.41, 5.74) is 1.50. The molecule has 5 nitrogen and oxygen atoms in total. The zero-order chi connectivity index (χ0) is 18.5. The molecule has 26 heavy (non-hydrogen) atoms. The van der Waals surface area contributed by atoms with Crippen LogP contribution in [-0.2, 0) is 9.47 Å². The van der Waals surface area contributed by atoms with E-state index in [2.05, 4.69) is 46.0 Å². The lowest BCUT2D eigenvalue weighted by Gasteiger charge is -2.29. The number of nitrogens with one attached hydrogen (secondary N) is 2. The quantitative estimate of drug-likeness (QED) is 0.382. The summed E-state index contributed by atoms with van der Waals surface area (Å²) in [6.07, 6.45) is 6.13. The lowest BCUT2D eigenvalue weighted by molar-refractivity contribution is 0.0698. The van der Waals surface area contributed by atoms with Gasteiger partial charge in [0.2, 0.25) is 0 Å². The van der Waals surface area contributed by atoms with Crippen LogP contribution in [0.1, 0.15) is 43.6 Å². The third-order valence-corrected chi connectivity index (χ3v) is 5.09. The molecule has 1 aliphatic rings. The number of aliphatic imine (C=N–C) groups is 1. The van der Waals surface area contributed by atoms with Crippen molar-refractivity contribution in [2.45, 2.75) is 38.0 Å². The van der Waals surface area contributed by atoms with Crippen LogP contribution in [0.25, 0.3) is 0 Å². The normalized spacial score (nSPS) is 20.8. The van der Waals surface area contributed by atoms with Gasteiger partial charge in [0.15, 0.2) is 5.96 Å². The Balaban J connectivity index is 1.56. The molecule has 0 saturated heterocycles. The predicted molar refractivity (Wildman–Crippen MR) is 108 cm³/mol. The molecule has 0 aliphatic heterocycles. The van der Waals surface area contributed by atoms with E-state index >= 15 is 0 Å².